The van der Waals surface area contributed by atoms with Gasteiger partial charge in [-0.1, -0.05) is 30.3 Å². The minimum Gasteiger partial charge on any atom is -0.351 e. The van der Waals surface area contributed by atoms with Crippen LogP contribution in [0.1, 0.15) is 17.7 Å². The van der Waals surface area contributed by atoms with Gasteiger partial charge in [0.15, 0.2) is 0 Å². The van der Waals surface area contributed by atoms with Crippen LogP contribution >= 0.6 is 11.3 Å². The molecular weight excluding hydrogens is 312 g/mol. The second-order valence-corrected chi connectivity index (χ2v) is 6.33. The summed E-state index contributed by atoms with van der Waals surface area (Å²) in [6, 6.07) is 9.92. The van der Waals surface area contributed by atoms with Gasteiger partial charge in [0, 0.05) is 23.7 Å². The van der Waals surface area contributed by atoms with Crippen LogP contribution in [0.15, 0.2) is 41.6 Å². The first-order valence-electron chi connectivity index (χ1n) is 7.21. The van der Waals surface area contributed by atoms with E-state index in [1.165, 1.54) is 5.01 Å². The highest BCUT2D eigenvalue weighted by Gasteiger charge is 2.22. The Hall–Kier alpha value is -2.54. The van der Waals surface area contributed by atoms with Crippen molar-refractivity contribution >= 4 is 28.9 Å². The van der Waals surface area contributed by atoms with E-state index in [0.717, 1.165) is 15.4 Å². The fourth-order valence-electron chi connectivity index (χ4n) is 2.23. The molecule has 2 amide bonds. The molecule has 0 saturated heterocycles. The maximum atomic E-state index is 11.9. The molecule has 0 spiro atoms. The number of hydrazone groups is 1. The Morgan fingerprint density at radius 1 is 1.35 bits per heavy atom. The summed E-state index contributed by atoms with van der Waals surface area (Å²) in [6.07, 6.45) is 2.15. The summed E-state index contributed by atoms with van der Waals surface area (Å²) in [5, 5.41) is 9.09. The van der Waals surface area contributed by atoms with Gasteiger partial charge in [0.25, 0.3) is 0 Å². The van der Waals surface area contributed by atoms with Crippen molar-refractivity contribution in [3.8, 4) is 10.6 Å². The zero-order chi connectivity index (χ0) is 16.2. The summed E-state index contributed by atoms with van der Waals surface area (Å²) in [5.74, 6) is -0.218. The number of aromatic nitrogens is 1. The SMILES string of the molecule is CN1N=C(CC(=O)NCc2cnc(-c3ccccc3)s2)CC1=O. The number of amides is 2. The highest BCUT2D eigenvalue weighted by molar-refractivity contribution is 7.15. The minimum atomic E-state index is -0.137. The Labute approximate surface area is 137 Å². The van der Waals surface area contributed by atoms with E-state index in [1.807, 2.05) is 30.3 Å². The Morgan fingerprint density at radius 2 is 2.13 bits per heavy atom. The van der Waals surface area contributed by atoms with Gasteiger partial charge in [-0.05, 0) is 0 Å². The molecule has 0 saturated carbocycles. The predicted molar refractivity (Wildman–Crippen MR) is 88.8 cm³/mol. The fourth-order valence-corrected chi connectivity index (χ4v) is 3.08. The lowest BCUT2D eigenvalue weighted by atomic mass is 10.2. The molecule has 1 aliphatic rings. The lowest BCUT2D eigenvalue weighted by Gasteiger charge is -2.02. The third-order valence-corrected chi connectivity index (χ3v) is 4.45. The lowest BCUT2D eigenvalue weighted by molar-refractivity contribution is -0.127. The number of benzene rings is 1. The molecule has 0 radical (unpaired) electrons. The summed E-state index contributed by atoms with van der Waals surface area (Å²) >= 11 is 1.55. The molecule has 0 atom stereocenters. The summed E-state index contributed by atoms with van der Waals surface area (Å²) in [5.41, 5.74) is 1.67. The molecule has 2 aromatic rings. The standard InChI is InChI=1S/C16H16N4O2S/c1-20-15(22)8-12(19-20)7-14(21)17-9-13-10-18-16(23-13)11-5-3-2-4-6-11/h2-6,10H,7-9H2,1H3,(H,17,21). The van der Waals surface area contributed by atoms with Crippen molar-refractivity contribution in [2.75, 3.05) is 7.05 Å². The number of carbonyl (C=O) groups excluding carboxylic acids is 2. The van der Waals surface area contributed by atoms with E-state index in [2.05, 4.69) is 15.4 Å². The fraction of sp³-hybridized carbons (Fsp3) is 0.250. The second kappa shape index (κ2) is 6.70. The quantitative estimate of drug-likeness (QED) is 0.912. The average molecular weight is 328 g/mol. The smallest absolute Gasteiger partial charge is 0.248 e. The third kappa shape index (κ3) is 3.81. The molecular formula is C16H16N4O2S. The lowest BCUT2D eigenvalue weighted by Crippen LogP contribution is -2.24. The van der Waals surface area contributed by atoms with E-state index < -0.39 is 0 Å². The Bertz CT molecular complexity index is 754. The van der Waals surface area contributed by atoms with Crippen LogP contribution < -0.4 is 5.32 Å². The predicted octanol–water partition coefficient (Wildman–Crippen LogP) is 2.03. The minimum absolute atomic E-state index is 0.0808. The zero-order valence-electron chi connectivity index (χ0n) is 12.7. The first-order valence-corrected chi connectivity index (χ1v) is 8.03. The molecule has 0 fully saturated rings. The molecule has 1 aliphatic heterocycles. The monoisotopic (exact) mass is 328 g/mol. The molecule has 118 valence electrons. The van der Waals surface area contributed by atoms with Gasteiger partial charge in [0.2, 0.25) is 11.8 Å². The van der Waals surface area contributed by atoms with Gasteiger partial charge >= 0.3 is 0 Å². The van der Waals surface area contributed by atoms with E-state index in [-0.39, 0.29) is 24.7 Å². The van der Waals surface area contributed by atoms with Gasteiger partial charge in [0.1, 0.15) is 5.01 Å². The Kier molecular flexibility index (Phi) is 4.47. The van der Waals surface area contributed by atoms with Crippen LogP contribution in [0.3, 0.4) is 0 Å². The molecule has 0 bridgehead atoms. The van der Waals surface area contributed by atoms with Crippen molar-refractivity contribution < 1.29 is 9.59 Å². The first kappa shape index (κ1) is 15.4. The number of hydrogen-bond acceptors (Lipinski definition) is 5. The highest BCUT2D eigenvalue weighted by Crippen LogP contribution is 2.24. The number of hydrogen-bond donors (Lipinski definition) is 1. The van der Waals surface area contributed by atoms with Crippen molar-refractivity contribution in [2.45, 2.75) is 19.4 Å². The van der Waals surface area contributed by atoms with Gasteiger partial charge in [-0.3, -0.25) is 9.59 Å². The largest absolute Gasteiger partial charge is 0.351 e. The number of nitrogens with zero attached hydrogens (tertiary/aromatic N) is 3. The molecule has 0 unspecified atom stereocenters. The van der Waals surface area contributed by atoms with Crippen LogP contribution in [0.2, 0.25) is 0 Å². The van der Waals surface area contributed by atoms with Gasteiger partial charge in [-0.2, -0.15) is 5.10 Å². The highest BCUT2D eigenvalue weighted by atomic mass is 32.1. The van der Waals surface area contributed by atoms with Gasteiger partial charge in [0.05, 0.1) is 25.1 Å². The summed E-state index contributed by atoms with van der Waals surface area (Å²) in [6.45, 7) is 0.431. The van der Waals surface area contributed by atoms with Crippen molar-refractivity contribution in [3.05, 3.63) is 41.4 Å². The van der Waals surface area contributed by atoms with Crippen LogP contribution in [0.25, 0.3) is 10.6 Å². The summed E-state index contributed by atoms with van der Waals surface area (Å²) < 4.78 is 0. The third-order valence-electron chi connectivity index (χ3n) is 3.41. The zero-order valence-corrected chi connectivity index (χ0v) is 13.5. The Balaban J connectivity index is 1.53. The van der Waals surface area contributed by atoms with E-state index in [9.17, 15) is 9.59 Å². The average Bonchev–Trinajstić information content (AvgIpc) is 3.13. The van der Waals surface area contributed by atoms with Crippen LogP contribution in [-0.4, -0.2) is 34.6 Å². The number of thiazole rings is 1. The molecule has 0 aliphatic carbocycles. The van der Waals surface area contributed by atoms with E-state index in [0.29, 0.717) is 12.3 Å². The number of rotatable bonds is 5. The Morgan fingerprint density at radius 3 is 2.83 bits per heavy atom. The molecule has 2 heterocycles. The number of carbonyl (C=O) groups is 2. The van der Waals surface area contributed by atoms with Crippen molar-refractivity contribution in [1.82, 2.24) is 15.3 Å². The maximum Gasteiger partial charge on any atom is 0.248 e. The van der Waals surface area contributed by atoms with Gasteiger partial charge in [-0.15, -0.1) is 11.3 Å². The van der Waals surface area contributed by atoms with Crippen molar-refractivity contribution in [3.63, 3.8) is 0 Å². The normalized spacial score (nSPS) is 14.0. The molecule has 1 aromatic heterocycles. The molecule has 1 aromatic carbocycles. The van der Waals surface area contributed by atoms with Gasteiger partial charge in [-0.25, -0.2) is 9.99 Å². The second-order valence-electron chi connectivity index (χ2n) is 5.21. The van der Waals surface area contributed by atoms with Gasteiger partial charge < -0.3 is 5.32 Å². The van der Waals surface area contributed by atoms with Crippen LogP contribution in [-0.2, 0) is 16.1 Å². The van der Waals surface area contributed by atoms with Crippen LogP contribution in [0, 0.1) is 0 Å². The van der Waals surface area contributed by atoms with E-state index in [4.69, 9.17) is 0 Å². The van der Waals surface area contributed by atoms with E-state index >= 15 is 0 Å². The van der Waals surface area contributed by atoms with Crippen molar-refractivity contribution in [1.29, 1.82) is 0 Å². The topological polar surface area (TPSA) is 74.7 Å². The van der Waals surface area contributed by atoms with Crippen molar-refractivity contribution in [2.24, 2.45) is 5.10 Å². The summed E-state index contributed by atoms with van der Waals surface area (Å²) in [7, 11) is 1.59. The molecule has 23 heavy (non-hydrogen) atoms. The maximum absolute atomic E-state index is 11.9. The molecule has 6 nitrogen and oxygen atoms in total. The first-order chi connectivity index (χ1) is 11.1. The van der Waals surface area contributed by atoms with Crippen LogP contribution in [0.4, 0.5) is 0 Å². The van der Waals surface area contributed by atoms with Crippen LogP contribution in [0.5, 0.6) is 0 Å². The summed E-state index contributed by atoms with van der Waals surface area (Å²) in [4.78, 5) is 28.6. The van der Waals surface area contributed by atoms with E-state index in [1.54, 1.807) is 24.6 Å². The molecule has 7 heteroatoms. The number of nitrogens with one attached hydrogen (secondary N) is 1. The molecule has 3 rings (SSSR count). The molecule has 1 N–H and O–H groups in total.